The van der Waals surface area contributed by atoms with Gasteiger partial charge >= 0.3 is 16.4 Å². The Morgan fingerprint density at radius 2 is 1.86 bits per heavy atom. The zero-order valence-electron chi connectivity index (χ0n) is 14.9. The van der Waals surface area contributed by atoms with Crippen LogP contribution in [0.25, 0.3) is 0 Å². The van der Waals surface area contributed by atoms with Crippen LogP contribution in [0.1, 0.15) is 12.0 Å². The molecule has 1 unspecified atom stereocenters. The van der Waals surface area contributed by atoms with Gasteiger partial charge in [-0.3, -0.25) is 4.55 Å². The predicted molar refractivity (Wildman–Crippen MR) is 92.6 cm³/mol. The highest BCUT2D eigenvalue weighted by atomic mass is 32.3. The van der Waals surface area contributed by atoms with Gasteiger partial charge in [-0.1, -0.05) is 30.3 Å². The highest BCUT2D eigenvalue weighted by molar-refractivity contribution is 7.80. The van der Waals surface area contributed by atoms with Gasteiger partial charge in [0, 0.05) is 6.42 Å². The van der Waals surface area contributed by atoms with Crippen molar-refractivity contribution in [3.8, 4) is 0 Å². The molecule has 0 amide bonds. The number of hydrogen-bond acceptors (Lipinski definition) is 10. The first-order valence-electron chi connectivity index (χ1n) is 8.38. The number of ether oxygens (including phenoxy) is 2. The SMILES string of the molecule is O=C(O)[C@@]1(OCc2ccccc2)C[C@@H](O)[C@@H](O)[C@@H](C(O)[C@@H](O)COS(=O)(=O)O)O1. The molecule has 1 aromatic rings. The zero-order valence-corrected chi connectivity index (χ0v) is 15.8. The quantitative estimate of drug-likeness (QED) is 0.233. The summed E-state index contributed by atoms with van der Waals surface area (Å²) in [5.41, 5.74) is 0.580. The van der Waals surface area contributed by atoms with Crippen LogP contribution in [0.5, 0.6) is 0 Å². The minimum absolute atomic E-state index is 0.243. The number of carbonyl (C=O) groups is 1. The molecule has 0 spiro atoms. The fourth-order valence-corrected chi connectivity index (χ4v) is 3.08. The lowest BCUT2D eigenvalue weighted by Gasteiger charge is -2.44. The van der Waals surface area contributed by atoms with Gasteiger partial charge in [0.25, 0.3) is 5.79 Å². The molecule has 6 N–H and O–H groups in total. The molecule has 13 heteroatoms. The Kier molecular flexibility index (Phi) is 7.67. The van der Waals surface area contributed by atoms with Crippen molar-refractivity contribution in [2.75, 3.05) is 6.61 Å². The minimum atomic E-state index is -4.93. The Bertz CT molecular complexity index is 784. The molecule has 1 aliphatic heterocycles. The lowest BCUT2D eigenvalue weighted by molar-refractivity contribution is -0.330. The van der Waals surface area contributed by atoms with Crippen molar-refractivity contribution in [2.24, 2.45) is 0 Å². The Morgan fingerprint density at radius 3 is 2.41 bits per heavy atom. The topological polar surface area (TPSA) is 200 Å². The molecule has 1 heterocycles. The maximum absolute atomic E-state index is 11.8. The van der Waals surface area contributed by atoms with Gasteiger partial charge in [-0.25, -0.2) is 8.98 Å². The number of carboxylic acid groups (broad SMARTS) is 1. The first-order valence-corrected chi connectivity index (χ1v) is 9.75. The van der Waals surface area contributed by atoms with E-state index in [0.717, 1.165) is 0 Å². The average Bonchev–Trinajstić information content (AvgIpc) is 2.66. The molecule has 1 aromatic carbocycles. The number of aliphatic hydroxyl groups excluding tert-OH is 4. The number of aliphatic carboxylic acids is 1. The van der Waals surface area contributed by atoms with Crippen LogP contribution >= 0.6 is 0 Å². The maximum atomic E-state index is 11.8. The van der Waals surface area contributed by atoms with Gasteiger partial charge in [0.05, 0.1) is 19.3 Å². The molecule has 164 valence electrons. The van der Waals surface area contributed by atoms with E-state index in [1.165, 1.54) is 0 Å². The number of rotatable bonds is 9. The molecule has 0 saturated carbocycles. The summed E-state index contributed by atoms with van der Waals surface area (Å²) in [5, 5.41) is 49.8. The van der Waals surface area contributed by atoms with E-state index >= 15 is 0 Å². The third-order valence-electron chi connectivity index (χ3n) is 4.29. The van der Waals surface area contributed by atoms with Crippen molar-refractivity contribution < 1.29 is 57.0 Å². The van der Waals surface area contributed by atoms with Crippen LogP contribution in [0.3, 0.4) is 0 Å². The van der Waals surface area contributed by atoms with Crippen LogP contribution in [0.4, 0.5) is 0 Å². The highest BCUT2D eigenvalue weighted by Gasteiger charge is 2.55. The largest absolute Gasteiger partial charge is 0.477 e. The highest BCUT2D eigenvalue weighted by Crippen LogP contribution is 2.34. The molecule has 1 aliphatic rings. The first-order chi connectivity index (χ1) is 13.4. The van der Waals surface area contributed by atoms with Crippen molar-refractivity contribution >= 4 is 16.4 Å². The molecule has 0 radical (unpaired) electrons. The predicted octanol–water partition coefficient (Wildman–Crippen LogP) is -1.96. The Morgan fingerprint density at radius 1 is 1.24 bits per heavy atom. The normalized spacial score (nSPS) is 29.9. The average molecular weight is 438 g/mol. The Balaban J connectivity index is 2.18. The summed E-state index contributed by atoms with van der Waals surface area (Å²) < 4.78 is 44.2. The van der Waals surface area contributed by atoms with E-state index in [4.69, 9.17) is 14.0 Å². The van der Waals surface area contributed by atoms with Gasteiger partial charge in [-0.05, 0) is 5.56 Å². The van der Waals surface area contributed by atoms with Crippen molar-refractivity contribution in [3.05, 3.63) is 35.9 Å². The third kappa shape index (κ3) is 6.15. The number of benzene rings is 1. The standard InChI is InChI=1S/C16H22O12S/c17-10-6-16(15(21)22,26-7-9-4-2-1-3-5-9)28-14(12(10)19)13(20)11(18)8-27-29(23,24)25/h1-5,10-14,17-20H,6-8H2,(H,21,22)(H,23,24,25)/t10-,11+,12-,13?,14+,16-/m1/s1. The summed E-state index contributed by atoms with van der Waals surface area (Å²) in [4.78, 5) is 11.8. The summed E-state index contributed by atoms with van der Waals surface area (Å²) in [6, 6.07) is 8.39. The monoisotopic (exact) mass is 438 g/mol. The summed E-state index contributed by atoms with van der Waals surface area (Å²) in [6.07, 6.45) is -10.2. The molecule has 29 heavy (non-hydrogen) atoms. The molecule has 1 fully saturated rings. The lowest BCUT2D eigenvalue weighted by Crippen LogP contribution is -2.64. The van der Waals surface area contributed by atoms with Crippen LogP contribution in [-0.2, 0) is 35.5 Å². The van der Waals surface area contributed by atoms with E-state index in [9.17, 15) is 38.7 Å². The van der Waals surface area contributed by atoms with E-state index in [0.29, 0.717) is 5.56 Å². The molecular formula is C16H22O12S. The minimum Gasteiger partial charge on any atom is -0.477 e. The van der Waals surface area contributed by atoms with E-state index in [1.54, 1.807) is 30.3 Å². The Labute approximate surface area is 165 Å². The van der Waals surface area contributed by atoms with E-state index < -0.39 is 65.7 Å². The van der Waals surface area contributed by atoms with E-state index in [2.05, 4.69) is 4.18 Å². The maximum Gasteiger partial charge on any atom is 0.397 e. The van der Waals surface area contributed by atoms with Crippen LogP contribution in [0.2, 0.25) is 0 Å². The van der Waals surface area contributed by atoms with Crippen molar-refractivity contribution in [1.82, 2.24) is 0 Å². The summed E-state index contributed by atoms with van der Waals surface area (Å²) in [5.74, 6) is -4.12. The van der Waals surface area contributed by atoms with Gasteiger partial charge in [-0.2, -0.15) is 8.42 Å². The van der Waals surface area contributed by atoms with Gasteiger partial charge < -0.3 is 35.0 Å². The number of carboxylic acids is 1. The molecule has 0 bridgehead atoms. The van der Waals surface area contributed by atoms with Crippen LogP contribution in [0, 0.1) is 0 Å². The second-order valence-corrected chi connectivity index (χ2v) is 7.54. The molecule has 1 saturated heterocycles. The molecule has 6 atom stereocenters. The van der Waals surface area contributed by atoms with Gasteiger partial charge in [0.2, 0.25) is 0 Å². The van der Waals surface area contributed by atoms with Crippen LogP contribution in [0.15, 0.2) is 30.3 Å². The second-order valence-electron chi connectivity index (χ2n) is 6.45. The van der Waals surface area contributed by atoms with Gasteiger partial charge in [-0.15, -0.1) is 0 Å². The first kappa shape index (κ1) is 23.6. The Hall–Kier alpha value is -1.68. The van der Waals surface area contributed by atoms with Gasteiger partial charge in [0.15, 0.2) is 0 Å². The molecule has 0 aromatic heterocycles. The lowest BCUT2D eigenvalue weighted by atomic mass is 9.90. The molecule has 0 aliphatic carbocycles. The molecular weight excluding hydrogens is 416 g/mol. The van der Waals surface area contributed by atoms with Crippen LogP contribution in [-0.4, -0.2) is 87.4 Å². The van der Waals surface area contributed by atoms with Crippen molar-refractivity contribution in [2.45, 2.75) is 49.3 Å². The summed E-state index contributed by atoms with van der Waals surface area (Å²) in [6.45, 7) is -1.36. The van der Waals surface area contributed by atoms with Gasteiger partial charge in [0.1, 0.15) is 24.4 Å². The van der Waals surface area contributed by atoms with Crippen molar-refractivity contribution in [1.29, 1.82) is 0 Å². The summed E-state index contributed by atoms with van der Waals surface area (Å²) >= 11 is 0. The fraction of sp³-hybridized carbons (Fsp3) is 0.562. The second kappa shape index (κ2) is 9.42. The van der Waals surface area contributed by atoms with E-state index in [-0.39, 0.29) is 6.61 Å². The number of hydrogen-bond donors (Lipinski definition) is 6. The van der Waals surface area contributed by atoms with E-state index in [1.807, 2.05) is 0 Å². The molecule has 12 nitrogen and oxygen atoms in total. The molecule has 2 rings (SSSR count). The summed E-state index contributed by atoms with van der Waals surface area (Å²) in [7, 11) is -4.93. The third-order valence-corrected chi connectivity index (χ3v) is 4.73. The fourth-order valence-electron chi connectivity index (χ4n) is 2.76. The van der Waals surface area contributed by atoms with Crippen LogP contribution < -0.4 is 0 Å². The zero-order chi connectivity index (χ0) is 21.8. The van der Waals surface area contributed by atoms with Crippen molar-refractivity contribution in [3.63, 3.8) is 0 Å². The number of aliphatic hydroxyl groups is 4. The smallest absolute Gasteiger partial charge is 0.397 e.